The minimum Gasteiger partial charge on any atom is -0.476 e. The molecule has 0 spiro atoms. The highest BCUT2D eigenvalue weighted by atomic mass is 16.5. The third kappa shape index (κ3) is 1.79. The summed E-state index contributed by atoms with van der Waals surface area (Å²) in [4.78, 5) is 10.7. The molecule has 0 atom stereocenters. The Labute approximate surface area is 90.7 Å². The first-order chi connectivity index (χ1) is 7.58. The fraction of sp³-hybridized carbons (Fsp3) is 0.333. The summed E-state index contributed by atoms with van der Waals surface area (Å²) in [5.41, 5.74) is 1.14. The number of carbonyl (C=O) groups is 1. The zero-order chi connectivity index (χ0) is 11.7. The van der Waals surface area contributed by atoms with Crippen LogP contribution in [0.5, 0.6) is 0 Å². The molecule has 7 nitrogen and oxygen atoms in total. The van der Waals surface area contributed by atoms with Crippen molar-refractivity contribution in [3.05, 3.63) is 28.9 Å². The zero-order valence-corrected chi connectivity index (χ0v) is 8.84. The largest absolute Gasteiger partial charge is 0.476 e. The van der Waals surface area contributed by atoms with E-state index in [-0.39, 0.29) is 5.69 Å². The van der Waals surface area contributed by atoms with Gasteiger partial charge in [0.1, 0.15) is 11.5 Å². The number of carboxylic acid groups (broad SMARTS) is 1. The number of aromatic nitrogens is 4. The van der Waals surface area contributed by atoms with Gasteiger partial charge in [-0.25, -0.2) is 9.48 Å². The standard InChI is InChI=1S/C9H10N4O3/c1-5-3-7(11-16-5)4-13-6(2)8(9(14)15)10-12-13/h3H,4H2,1-2H3,(H,14,15). The van der Waals surface area contributed by atoms with Crippen LogP contribution in [-0.4, -0.2) is 31.2 Å². The Morgan fingerprint density at radius 3 is 2.81 bits per heavy atom. The van der Waals surface area contributed by atoms with Gasteiger partial charge in [0, 0.05) is 6.07 Å². The van der Waals surface area contributed by atoms with Crippen LogP contribution in [0.3, 0.4) is 0 Å². The molecule has 7 heteroatoms. The van der Waals surface area contributed by atoms with Gasteiger partial charge in [-0.15, -0.1) is 5.10 Å². The molecule has 2 aromatic heterocycles. The molecule has 0 unspecified atom stereocenters. The van der Waals surface area contributed by atoms with Gasteiger partial charge in [0.05, 0.1) is 12.2 Å². The van der Waals surface area contributed by atoms with E-state index in [1.54, 1.807) is 19.9 Å². The number of carboxylic acids is 1. The summed E-state index contributed by atoms with van der Waals surface area (Å²) < 4.78 is 6.38. The highest BCUT2D eigenvalue weighted by molar-refractivity contribution is 5.86. The van der Waals surface area contributed by atoms with Crippen molar-refractivity contribution in [2.24, 2.45) is 0 Å². The minimum atomic E-state index is -1.08. The van der Waals surface area contributed by atoms with E-state index in [0.29, 0.717) is 23.7 Å². The van der Waals surface area contributed by atoms with Crippen molar-refractivity contribution in [3.8, 4) is 0 Å². The Morgan fingerprint density at radius 1 is 1.56 bits per heavy atom. The molecule has 0 aliphatic rings. The van der Waals surface area contributed by atoms with Crippen LogP contribution >= 0.6 is 0 Å². The molecular formula is C9H10N4O3. The lowest BCUT2D eigenvalue weighted by molar-refractivity contribution is 0.0689. The maximum absolute atomic E-state index is 10.7. The number of nitrogens with zero attached hydrogens (tertiary/aromatic N) is 4. The summed E-state index contributed by atoms with van der Waals surface area (Å²) in [5, 5.41) is 19.9. The Bertz CT molecular complexity index is 529. The molecule has 1 N–H and O–H groups in total. The van der Waals surface area contributed by atoms with Crippen LogP contribution < -0.4 is 0 Å². The van der Waals surface area contributed by atoms with E-state index in [4.69, 9.17) is 9.63 Å². The average Bonchev–Trinajstić information content (AvgIpc) is 2.76. The zero-order valence-electron chi connectivity index (χ0n) is 8.84. The predicted molar refractivity (Wildman–Crippen MR) is 52.1 cm³/mol. The fourth-order valence-electron chi connectivity index (χ4n) is 1.35. The maximum atomic E-state index is 10.7. The molecule has 0 fully saturated rings. The van der Waals surface area contributed by atoms with Crippen molar-refractivity contribution in [2.75, 3.05) is 0 Å². The first kappa shape index (κ1) is 10.3. The molecule has 2 rings (SSSR count). The summed E-state index contributed by atoms with van der Waals surface area (Å²) in [6, 6.07) is 1.77. The average molecular weight is 222 g/mol. The van der Waals surface area contributed by atoms with Crippen LogP contribution in [0.15, 0.2) is 10.6 Å². The SMILES string of the molecule is Cc1cc(Cn2nnc(C(=O)O)c2C)no1. The van der Waals surface area contributed by atoms with Crippen LogP contribution in [0.2, 0.25) is 0 Å². The topological polar surface area (TPSA) is 94.0 Å². The van der Waals surface area contributed by atoms with E-state index in [1.807, 2.05) is 0 Å². The monoisotopic (exact) mass is 222 g/mol. The highest BCUT2D eigenvalue weighted by Crippen LogP contribution is 2.08. The van der Waals surface area contributed by atoms with Gasteiger partial charge >= 0.3 is 5.97 Å². The van der Waals surface area contributed by atoms with Crippen molar-refractivity contribution in [1.82, 2.24) is 20.2 Å². The van der Waals surface area contributed by atoms with Crippen molar-refractivity contribution in [1.29, 1.82) is 0 Å². The van der Waals surface area contributed by atoms with E-state index < -0.39 is 5.97 Å². The Hall–Kier alpha value is -2.18. The molecule has 0 amide bonds. The van der Waals surface area contributed by atoms with Gasteiger partial charge in [0.2, 0.25) is 0 Å². The number of hydrogen-bond acceptors (Lipinski definition) is 5. The number of hydrogen-bond donors (Lipinski definition) is 1. The second kappa shape index (κ2) is 3.76. The Balaban J connectivity index is 2.25. The fourth-order valence-corrected chi connectivity index (χ4v) is 1.35. The predicted octanol–water partition coefficient (Wildman–Crippen LogP) is 0.629. The molecular weight excluding hydrogens is 212 g/mol. The summed E-state index contributed by atoms with van der Waals surface area (Å²) in [7, 11) is 0. The second-order valence-corrected chi connectivity index (χ2v) is 3.42. The lowest BCUT2D eigenvalue weighted by Gasteiger charge is -1.98. The van der Waals surface area contributed by atoms with Crippen molar-refractivity contribution >= 4 is 5.97 Å². The van der Waals surface area contributed by atoms with Crippen molar-refractivity contribution < 1.29 is 14.4 Å². The van der Waals surface area contributed by atoms with Crippen LogP contribution in [0.25, 0.3) is 0 Å². The number of aromatic carboxylic acids is 1. The van der Waals surface area contributed by atoms with Crippen LogP contribution in [0, 0.1) is 13.8 Å². The highest BCUT2D eigenvalue weighted by Gasteiger charge is 2.15. The summed E-state index contributed by atoms with van der Waals surface area (Å²) in [6.07, 6.45) is 0. The van der Waals surface area contributed by atoms with Crippen molar-refractivity contribution in [2.45, 2.75) is 20.4 Å². The molecule has 0 aliphatic heterocycles. The van der Waals surface area contributed by atoms with Gasteiger partial charge in [0.25, 0.3) is 0 Å². The molecule has 0 aromatic carbocycles. The molecule has 0 radical (unpaired) electrons. The summed E-state index contributed by atoms with van der Waals surface area (Å²) >= 11 is 0. The molecule has 0 aliphatic carbocycles. The van der Waals surface area contributed by atoms with Gasteiger partial charge in [-0.1, -0.05) is 10.4 Å². The lowest BCUT2D eigenvalue weighted by atomic mass is 10.3. The van der Waals surface area contributed by atoms with E-state index in [9.17, 15) is 4.79 Å². The summed E-state index contributed by atoms with van der Waals surface area (Å²) in [5.74, 6) is -0.383. The normalized spacial score (nSPS) is 10.6. The van der Waals surface area contributed by atoms with Crippen LogP contribution in [0.4, 0.5) is 0 Å². The molecule has 0 bridgehead atoms. The van der Waals surface area contributed by atoms with E-state index in [2.05, 4.69) is 15.5 Å². The third-order valence-corrected chi connectivity index (χ3v) is 2.17. The Morgan fingerprint density at radius 2 is 2.31 bits per heavy atom. The lowest BCUT2D eigenvalue weighted by Crippen LogP contribution is -2.06. The molecule has 2 heterocycles. The van der Waals surface area contributed by atoms with E-state index >= 15 is 0 Å². The molecule has 0 saturated carbocycles. The van der Waals surface area contributed by atoms with Gasteiger partial charge in [-0.2, -0.15) is 0 Å². The molecule has 16 heavy (non-hydrogen) atoms. The van der Waals surface area contributed by atoms with Gasteiger partial charge in [-0.3, -0.25) is 0 Å². The van der Waals surface area contributed by atoms with E-state index in [0.717, 1.165) is 0 Å². The first-order valence-electron chi connectivity index (χ1n) is 4.63. The minimum absolute atomic E-state index is 0.0415. The molecule has 84 valence electrons. The third-order valence-electron chi connectivity index (χ3n) is 2.17. The van der Waals surface area contributed by atoms with E-state index in [1.165, 1.54) is 4.68 Å². The van der Waals surface area contributed by atoms with Crippen LogP contribution in [-0.2, 0) is 6.54 Å². The quantitative estimate of drug-likeness (QED) is 0.818. The van der Waals surface area contributed by atoms with Crippen LogP contribution in [0.1, 0.15) is 27.6 Å². The summed E-state index contributed by atoms with van der Waals surface area (Å²) in [6.45, 7) is 3.78. The maximum Gasteiger partial charge on any atom is 0.358 e. The van der Waals surface area contributed by atoms with Crippen molar-refractivity contribution in [3.63, 3.8) is 0 Å². The molecule has 2 aromatic rings. The van der Waals surface area contributed by atoms with Gasteiger partial charge in [-0.05, 0) is 13.8 Å². The molecule has 0 saturated heterocycles. The number of rotatable bonds is 3. The number of aryl methyl sites for hydroxylation is 1. The van der Waals surface area contributed by atoms with Gasteiger partial charge in [0.15, 0.2) is 5.69 Å². The van der Waals surface area contributed by atoms with Gasteiger partial charge < -0.3 is 9.63 Å². The first-order valence-corrected chi connectivity index (χ1v) is 4.63. The smallest absolute Gasteiger partial charge is 0.358 e. The Kier molecular flexibility index (Phi) is 2.43. The second-order valence-electron chi connectivity index (χ2n) is 3.42.